The standard InChI is InChI=1S/C14H12/c1-3-7-13(8-4-1)11-12-14-9-5-2-6-10-14/h1-5,7-12,14H/b12-11+. The van der Waals surface area contributed by atoms with E-state index < -0.39 is 0 Å². The largest absolute Gasteiger partial charge is 0.124 e. The van der Waals surface area contributed by atoms with Crippen LogP contribution in [-0.2, 0) is 0 Å². The van der Waals surface area contributed by atoms with Gasteiger partial charge in [0, 0.05) is 5.92 Å². The third-order valence-electron chi connectivity index (χ3n) is 2.12. The van der Waals surface area contributed by atoms with Gasteiger partial charge in [-0.1, -0.05) is 54.6 Å². The van der Waals surface area contributed by atoms with Gasteiger partial charge in [0.15, 0.2) is 0 Å². The monoisotopic (exact) mass is 180 g/mol. The molecule has 0 radical (unpaired) electrons. The topological polar surface area (TPSA) is 0 Å². The van der Waals surface area contributed by atoms with Crippen molar-refractivity contribution < 1.29 is 0 Å². The third-order valence-corrected chi connectivity index (χ3v) is 2.12. The van der Waals surface area contributed by atoms with Crippen LogP contribution in [0.5, 0.6) is 0 Å². The number of hydrogen-bond donors (Lipinski definition) is 0. The molecule has 1 unspecified atom stereocenters. The highest BCUT2D eigenvalue weighted by Gasteiger charge is 1.94. The lowest BCUT2D eigenvalue weighted by atomic mass is 10.0. The summed E-state index contributed by atoms with van der Waals surface area (Å²) in [5.74, 6) is 0.389. The molecular weight excluding hydrogens is 168 g/mol. The first kappa shape index (κ1) is 8.80. The van der Waals surface area contributed by atoms with Crippen LogP contribution in [0.15, 0.2) is 66.4 Å². The first-order chi connectivity index (χ1) is 6.95. The molecule has 68 valence electrons. The van der Waals surface area contributed by atoms with Crippen LogP contribution in [0, 0.1) is 5.92 Å². The van der Waals surface area contributed by atoms with E-state index in [0.29, 0.717) is 5.92 Å². The second-order valence-corrected chi connectivity index (χ2v) is 3.23. The van der Waals surface area contributed by atoms with Gasteiger partial charge in [0.05, 0.1) is 0 Å². The molecule has 0 heteroatoms. The lowest BCUT2D eigenvalue weighted by Crippen LogP contribution is -1.86. The zero-order valence-electron chi connectivity index (χ0n) is 7.93. The molecule has 1 atom stereocenters. The summed E-state index contributed by atoms with van der Waals surface area (Å²) >= 11 is 0. The summed E-state index contributed by atoms with van der Waals surface area (Å²) in [6.45, 7) is 0. The first-order valence-electron chi connectivity index (χ1n) is 4.78. The number of hydrogen-bond acceptors (Lipinski definition) is 0. The van der Waals surface area contributed by atoms with Crippen molar-refractivity contribution in [3.05, 3.63) is 72.0 Å². The van der Waals surface area contributed by atoms with Crippen molar-refractivity contribution >= 4 is 6.08 Å². The Bertz CT molecular complexity index is 401. The smallest absolute Gasteiger partial charge is 0.0209 e. The second-order valence-electron chi connectivity index (χ2n) is 3.23. The molecule has 0 saturated heterocycles. The van der Waals surface area contributed by atoms with E-state index in [1.165, 1.54) is 5.56 Å². The molecule has 1 aromatic carbocycles. The average Bonchev–Trinajstić information content (AvgIpc) is 2.29. The highest BCUT2D eigenvalue weighted by Crippen LogP contribution is 2.10. The molecule has 14 heavy (non-hydrogen) atoms. The summed E-state index contributed by atoms with van der Waals surface area (Å²) in [4.78, 5) is 0. The quantitative estimate of drug-likeness (QED) is 0.610. The summed E-state index contributed by atoms with van der Waals surface area (Å²) in [5, 5.41) is 0. The fourth-order valence-electron chi connectivity index (χ4n) is 1.37. The molecule has 0 N–H and O–H groups in total. The fraction of sp³-hybridized carbons (Fsp3) is 0.0714. The number of allylic oxidation sites excluding steroid dienone is 4. The van der Waals surface area contributed by atoms with Gasteiger partial charge in [0.25, 0.3) is 0 Å². The van der Waals surface area contributed by atoms with Crippen molar-refractivity contribution in [3.63, 3.8) is 0 Å². The predicted molar refractivity (Wildman–Crippen MR) is 60.8 cm³/mol. The second kappa shape index (κ2) is 4.45. The Morgan fingerprint density at radius 2 is 2.00 bits per heavy atom. The molecule has 0 fully saturated rings. The molecule has 0 spiro atoms. The van der Waals surface area contributed by atoms with Crippen molar-refractivity contribution in [3.8, 4) is 0 Å². The maximum absolute atomic E-state index is 3.08. The molecule has 0 saturated carbocycles. The van der Waals surface area contributed by atoms with Crippen molar-refractivity contribution in [2.75, 3.05) is 0 Å². The van der Waals surface area contributed by atoms with Crippen LogP contribution in [0.1, 0.15) is 5.56 Å². The molecule has 0 aromatic heterocycles. The Labute approximate surface area is 84.6 Å². The normalized spacial score (nSPS) is 19.3. The van der Waals surface area contributed by atoms with E-state index in [9.17, 15) is 0 Å². The highest BCUT2D eigenvalue weighted by atomic mass is 14.0. The molecule has 0 bridgehead atoms. The van der Waals surface area contributed by atoms with Crippen molar-refractivity contribution in [1.82, 2.24) is 0 Å². The van der Waals surface area contributed by atoms with Crippen LogP contribution in [-0.4, -0.2) is 0 Å². The van der Waals surface area contributed by atoms with E-state index in [4.69, 9.17) is 0 Å². The van der Waals surface area contributed by atoms with E-state index in [1.54, 1.807) is 0 Å². The highest BCUT2D eigenvalue weighted by molar-refractivity contribution is 5.50. The fourth-order valence-corrected chi connectivity index (χ4v) is 1.37. The van der Waals surface area contributed by atoms with Gasteiger partial charge in [-0.15, -0.1) is 5.73 Å². The molecule has 1 aliphatic carbocycles. The van der Waals surface area contributed by atoms with Gasteiger partial charge in [0.2, 0.25) is 0 Å². The van der Waals surface area contributed by atoms with Crippen LogP contribution in [0.4, 0.5) is 0 Å². The van der Waals surface area contributed by atoms with E-state index in [2.05, 4.69) is 42.2 Å². The Morgan fingerprint density at radius 1 is 1.14 bits per heavy atom. The van der Waals surface area contributed by atoms with E-state index in [0.717, 1.165) is 0 Å². The first-order valence-corrected chi connectivity index (χ1v) is 4.78. The SMILES string of the molecule is C1=CC=CC(/C=C/c2ccccc2)C=1. The lowest BCUT2D eigenvalue weighted by molar-refractivity contribution is 1.07. The molecule has 1 aliphatic rings. The number of rotatable bonds is 2. The van der Waals surface area contributed by atoms with E-state index in [-0.39, 0.29) is 0 Å². The Kier molecular flexibility index (Phi) is 2.80. The third kappa shape index (κ3) is 2.35. The average molecular weight is 180 g/mol. The lowest BCUT2D eigenvalue weighted by Gasteiger charge is -2.00. The maximum Gasteiger partial charge on any atom is 0.0209 e. The summed E-state index contributed by atoms with van der Waals surface area (Å²) in [6, 6.07) is 10.3. The van der Waals surface area contributed by atoms with Crippen LogP contribution in [0.3, 0.4) is 0 Å². The van der Waals surface area contributed by atoms with Crippen molar-refractivity contribution in [2.24, 2.45) is 5.92 Å². The molecule has 0 aliphatic heterocycles. The van der Waals surface area contributed by atoms with Gasteiger partial charge in [0.1, 0.15) is 0 Å². The van der Waals surface area contributed by atoms with Crippen LogP contribution < -0.4 is 0 Å². The van der Waals surface area contributed by atoms with Gasteiger partial charge in [-0.05, 0) is 17.7 Å². The summed E-state index contributed by atoms with van der Waals surface area (Å²) < 4.78 is 0. The molecule has 0 nitrogen and oxygen atoms in total. The van der Waals surface area contributed by atoms with Crippen LogP contribution in [0.25, 0.3) is 6.08 Å². The summed E-state index contributed by atoms with van der Waals surface area (Å²) in [5.41, 5.74) is 4.32. The molecule has 0 amide bonds. The zero-order valence-corrected chi connectivity index (χ0v) is 7.93. The minimum Gasteiger partial charge on any atom is -0.124 e. The zero-order chi connectivity index (χ0) is 9.64. The molecule has 0 heterocycles. The van der Waals surface area contributed by atoms with Gasteiger partial charge in [-0.25, -0.2) is 0 Å². The summed E-state index contributed by atoms with van der Waals surface area (Å²) in [7, 11) is 0. The van der Waals surface area contributed by atoms with Gasteiger partial charge >= 0.3 is 0 Å². The van der Waals surface area contributed by atoms with Crippen LogP contribution in [0.2, 0.25) is 0 Å². The Balaban J connectivity index is 2.08. The van der Waals surface area contributed by atoms with Crippen molar-refractivity contribution in [2.45, 2.75) is 0 Å². The maximum atomic E-state index is 3.08. The summed E-state index contributed by atoms with van der Waals surface area (Å²) in [6.07, 6.45) is 12.5. The predicted octanol–water partition coefficient (Wildman–Crippen LogP) is 3.60. The minimum atomic E-state index is 0.389. The van der Waals surface area contributed by atoms with Crippen molar-refractivity contribution in [1.29, 1.82) is 0 Å². The van der Waals surface area contributed by atoms with Gasteiger partial charge in [-0.2, -0.15) is 0 Å². The van der Waals surface area contributed by atoms with Gasteiger partial charge < -0.3 is 0 Å². The van der Waals surface area contributed by atoms with E-state index in [1.807, 2.05) is 30.4 Å². The number of benzene rings is 1. The van der Waals surface area contributed by atoms with Crippen LogP contribution >= 0.6 is 0 Å². The Hall–Kier alpha value is -1.78. The molecule has 1 aromatic rings. The molecule has 2 rings (SSSR count). The van der Waals surface area contributed by atoms with E-state index >= 15 is 0 Å². The Morgan fingerprint density at radius 3 is 2.71 bits per heavy atom. The minimum absolute atomic E-state index is 0.389. The van der Waals surface area contributed by atoms with Gasteiger partial charge in [-0.3, -0.25) is 0 Å². The molecular formula is C14H12.